The molecule has 0 unspecified atom stereocenters. The van der Waals surface area contributed by atoms with Crippen molar-refractivity contribution in [3.05, 3.63) is 69.9 Å². The van der Waals surface area contributed by atoms with E-state index in [0.717, 1.165) is 16.7 Å². The van der Waals surface area contributed by atoms with E-state index in [1.54, 1.807) is 18.2 Å². The first-order valence-electron chi connectivity index (χ1n) is 7.56. The van der Waals surface area contributed by atoms with Gasteiger partial charge in [0.25, 0.3) is 5.91 Å². The Labute approximate surface area is 145 Å². The molecule has 0 bridgehead atoms. The number of carbonyl (C=O) groups is 1. The van der Waals surface area contributed by atoms with E-state index in [1.807, 2.05) is 45.0 Å². The largest absolute Gasteiger partial charge is 0.355 e. The second-order valence-electron chi connectivity index (χ2n) is 5.79. The van der Waals surface area contributed by atoms with Crippen molar-refractivity contribution in [1.82, 2.24) is 5.16 Å². The molecule has 2 aromatic carbocycles. The number of aromatic nitrogens is 1. The van der Waals surface area contributed by atoms with E-state index in [9.17, 15) is 4.79 Å². The molecule has 122 valence electrons. The van der Waals surface area contributed by atoms with Crippen molar-refractivity contribution in [3.8, 4) is 11.3 Å². The van der Waals surface area contributed by atoms with Crippen LogP contribution in [0.3, 0.4) is 0 Å². The summed E-state index contributed by atoms with van der Waals surface area (Å²) in [5.74, 6) is 0.221. The summed E-state index contributed by atoms with van der Waals surface area (Å²) in [4.78, 5) is 12.3. The van der Waals surface area contributed by atoms with Gasteiger partial charge in [0.1, 0.15) is 0 Å². The molecule has 3 aromatic rings. The molecule has 1 heterocycles. The van der Waals surface area contributed by atoms with E-state index in [1.165, 1.54) is 5.56 Å². The Hall–Kier alpha value is -2.59. The topological polar surface area (TPSA) is 55.1 Å². The molecule has 3 rings (SSSR count). The monoisotopic (exact) mass is 340 g/mol. The van der Waals surface area contributed by atoms with E-state index in [-0.39, 0.29) is 11.6 Å². The first-order valence-corrected chi connectivity index (χ1v) is 7.93. The summed E-state index contributed by atoms with van der Waals surface area (Å²) in [6, 6.07) is 13.0. The fourth-order valence-corrected chi connectivity index (χ4v) is 2.46. The highest BCUT2D eigenvalue weighted by Crippen LogP contribution is 2.24. The minimum Gasteiger partial charge on any atom is -0.355 e. The molecule has 1 N–H and O–H groups in total. The standard InChI is InChI=1S/C19H17ClN2O2/c1-11-4-6-14(8-13(11)3)18-10-17(22-24-18)19(23)21-15-7-5-12(2)16(20)9-15/h4-10H,1-3H3,(H,21,23). The van der Waals surface area contributed by atoms with Crippen molar-refractivity contribution in [3.63, 3.8) is 0 Å². The fourth-order valence-electron chi connectivity index (χ4n) is 2.28. The zero-order valence-electron chi connectivity index (χ0n) is 13.7. The van der Waals surface area contributed by atoms with E-state index in [2.05, 4.69) is 10.5 Å². The van der Waals surface area contributed by atoms with Gasteiger partial charge in [-0.25, -0.2) is 0 Å². The smallest absolute Gasteiger partial charge is 0.277 e. The molecule has 0 aliphatic heterocycles. The lowest BCUT2D eigenvalue weighted by Gasteiger charge is -2.04. The number of rotatable bonds is 3. The molecule has 1 aromatic heterocycles. The molecular formula is C19H17ClN2O2. The Balaban J connectivity index is 1.80. The number of hydrogen-bond acceptors (Lipinski definition) is 3. The SMILES string of the molecule is Cc1ccc(-c2cc(C(=O)Nc3ccc(C)c(Cl)c3)no2)cc1C. The zero-order chi connectivity index (χ0) is 17.3. The van der Waals surface area contributed by atoms with Crippen molar-refractivity contribution in [2.24, 2.45) is 0 Å². The summed E-state index contributed by atoms with van der Waals surface area (Å²) in [6.45, 7) is 5.98. The van der Waals surface area contributed by atoms with Crippen LogP contribution < -0.4 is 5.32 Å². The van der Waals surface area contributed by atoms with Gasteiger partial charge in [-0.3, -0.25) is 4.79 Å². The molecule has 24 heavy (non-hydrogen) atoms. The molecule has 0 spiro atoms. The predicted molar refractivity (Wildman–Crippen MR) is 95.6 cm³/mol. The summed E-state index contributed by atoms with van der Waals surface area (Å²) < 4.78 is 5.31. The van der Waals surface area contributed by atoms with Crippen molar-refractivity contribution in [2.75, 3.05) is 5.32 Å². The fraction of sp³-hybridized carbons (Fsp3) is 0.158. The highest BCUT2D eigenvalue weighted by atomic mass is 35.5. The van der Waals surface area contributed by atoms with Gasteiger partial charge in [-0.05, 0) is 55.7 Å². The van der Waals surface area contributed by atoms with Gasteiger partial charge in [-0.1, -0.05) is 35.0 Å². The second kappa shape index (κ2) is 6.49. The first-order chi connectivity index (χ1) is 11.4. The van der Waals surface area contributed by atoms with Gasteiger partial charge >= 0.3 is 0 Å². The van der Waals surface area contributed by atoms with Gasteiger partial charge < -0.3 is 9.84 Å². The molecule has 0 fully saturated rings. The molecule has 5 heteroatoms. The number of halogens is 1. The Kier molecular flexibility index (Phi) is 4.40. The van der Waals surface area contributed by atoms with Gasteiger partial charge in [0.05, 0.1) is 0 Å². The van der Waals surface area contributed by atoms with Crippen LogP contribution in [0.5, 0.6) is 0 Å². The number of nitrogens with zero attached hydrogens (tertiary/aromatic N) is 1. The summed E-state index contributed by atoms with van der Waals surface area (Å²) in [6.07, 6.45) is 0. The Morgan fingerprint density at radius 2 is 1.75 bits per heavy atom. The van der Waals surface area contributed by atoms with E-state index < -0.39 is 0 Å². The Morgan fingerprint density at radius 3 is 2.46 bits per heavy atom. The summed E-state index contributed by atoms with van der Waals surface area (Å²) in [5, 5.41) is 7.23. The Morgan fingerprint density at radius 1 is 1.00 bits per heavy atom. The molecule has 0 aliphatic rings. The Bertz CT molecular complexity index is 915. The number of anilines is 1. The van der Waals surface area contributed by atoms with E-state index in [4.69, 9.17) is 16.1 Å². The molecule has 0 saturated heterocycles. The quantitative estimate of drug-likeness (QED) is 0.715. The van der Waals surface area contributed by atoms with E-state index >= 15 is 0 Å². The maximum Gasteiger partial charge on any atom is 0.277 e. The van der Waals surface area contributed by atoms with Crippen LogP contribution in [0.2, 0.25) is 5.02 Å². The van der Waals surface area contributed by atoms with Crippen LogP contribution >= 0.6 is 11.6 Å². The van der Waals surface area contributed by atoms with Crippen LogP contribution in [0.1, 0.15) is 27.2 Å². The summed E-state index contributed by atoms with van der Waals surface area (Å²) >= 11 is 6.07. The third kappa shape index (κ3) is 3.34. The van der Waals surface area contributed by atoms with Gasteiger partial charge in [0, 0.05) is 22.3 Å². The second-order valence-corrected chi connectivity index (χ2v) is 6.20. The number of hydrogen-bond donors (Lipinski definition) is 1. The first kappa shape index (κ1) is 16.3. The lowest BCUT2D eigenvalue weighted by molar-refractivity contribution is 0.101. The molecule has 0 aliphatic carbocycles. The number of amides is 1. The van der Waals surface area contributed by atoms with Crippen LogP contribution in [0.15, 0.2) is 47.0 Å². The third-order valence-corrected chi connectivity index (χ3v) is 4.37. The average molecular weight is 341 g/mol. The lowest BCUT2D eigenvalue weighted by Crippen LogP contribution is -2.12. The number of carbonyl (C=O) groups excluding carboxylic acids is 1. The van der Waals surface area contributed by atoms with Crippen molar-refractivity contribution in [1.29, 1.82) is 0 Å². The summed E-state index contributed by atoms with van der Waals surface area (Å²) in [7, 11) is 0. The van der Waals surface area contributed by atoms with Crippen LogP contribution in [-0.4, -0.2) is 11.1 Å². The van der Waals surface area contributed by atoms with Crippen molar-refractivity contribution in [2.45, 2.75) is 20.8 Å². The third-order valence-electron chi connectivity index (χ3n) is 3.96. The molecular weight excluding hydrogens is 324 g/mol. The number of nitrogens with one attached hydrogen (secondary N) is 1. The van der Waals surface area contributed by atoms with Crippen LogP contribution in [-0.2, 0) is 0 Å². The average Bonchev–Trinajstić information content (AvgIpc) is 3.04. The van der Waals surface area contributed by atoms with Crippen LogP contribution in [0.25, 0.3) is 11.3 Å². The van der Waals surface area contributed by atoms with Crippen molar-refractivity contribution < 1.29 is 9.32 Å². The summed E-state index contributed by atoms with van der Waals surface area (Å²) in [5.41, 5.74) is 5.04. The number of benzene rings is 2. The predicted octanol–water partition coefficient (Wildman–Crippen LogP) is 5.17. The maximum atomic E-state index is 12.3. The highest BCUT2D eigenvalue weighted by Gasteiger charge is 2.14. The minimum atomic E-state index is -0.339. The van der Waals surface area contributed by atoms with Crippen LogP contribution in [0.4, 0.5) is 5.69 Å². The van der Waals surface area contributed by atoms with Crippen molar-refractivity contribution >= 4 is 23.2 Å². The molecule has 0 saturated carbocycles. The normalized spacial score (nSPS) is 10.7. The van der Waals surface area contributed by atoms with E-state index in [0.29, 0.717) is 16.5 Å². The zero-order valence-corrected chi connectivity index (χ0v) is 14.4. The number of aryl methyl sites for hydroxylation is 3. The molecule has 4 nitrogen and oxygen atoms in total. The van der Waals surface area contributed by atoms with Gasteiger partial charge in [-0.2, -0.15) is 0 Å². The van der Waals surface area contributed by atoms with Crippen LogP contribution in [0, 0.1) is 20.8 Å². The minimum absolute atomic E-state index is 0.222. The maximum absolute atomic E-state index is 12.3. The molecule has 1 amide bonds. The lowest BCUT2D eigenvalue weighted by atomic mass is 10.0. The molecule has 0 atom stereocenters. The highest BCUT2D eigenvalue weighted by molar-refractivity contribution is 6.31. The molecule has 0 radical (unpaired) electrons. The van der Waals surface area contributed by atoms with Gasteiger partial charge in [0.2, 0.25) is 0 Å². The van der Waals surface area contributed by atoms with Gasteiger partial charge in [0.15, 0.2) is 11.5 Å². The van der Waals surface area contributed by atoms with Gasteiger partial charge in [-0.15, -0.1) is 0 Å².